The van der Waals surface area contributed by atoms with E-state index in [1.807, 2.05) is 0 Å². The van der Waals surface area contributed by atoms with E-state index < -0.39 is 7.26 Å². The highest BCUT2D eigenvalue weighted by Crippen LogP contribution is 2.56. The minimum absolute atomic E-state index is 0.0334. The maximum absolute atomic E-state index is 12.6. The molecule has 2 unspecified atom stereocenters. The number of carbonyl (C=O) groups is 2. The molecule has 0 aliphatic carbocycles. The summed E-state index contributed by atoms with van der Waals surface area (Å²) in [5.41, 5.74) is 6.84. The lowest BCUT2D eigenvalue weighted by molar-refractivity contribution is -0.145. The summed E-state index contributed by atoms with van der Waals surface area (Å²) < 4.78 is 5.68. The SMILES string of the molecule is C=C(CCC[P+](c1ccccc1)(c1ccccc1)c1ccccc1)NCCCN(C)CCCNC(=O)CCCCC(=O)OCC(C)CC(C)CN1C2=NC(=C)NC(=C)C2=Nc2cc(C)c(C)cc21. The number of allylic oxidation sites excluding steroid dienone is 1. The molecule has 4 aromatic rings. The Labute approximate surface area is 407 Å². The third kappa shape index (κ3) is 14.3. The van der Waals surface area contributed by atoms with E-state index in [1.165, 1.54) is 27.0 Å². The summed E-state index contributed by atoms with van der Waals surface area (Å²) in [5.74, 6) is 1.59. The summed E-state index contributed by atoms with van der Waals surface area (Å²) in [4.78, 5) is 39.4. The first-order valence-electron chi connectivity index (χ1n) is 24.6. The van der Waals surface area contributed by atoms with Crippen LogP contribution in [0, 0.1) is 25.7 Å². The maximum Gasteiger partial charge on any atom is 0.305 e. The molecule has 0 aromatic heterocycles. The molecule has 0 saturated heterocycles. The monoisotopic (exact) mass is 937 g/mol. The zero-order valence-corrected chi connectivity index (χ0v) is 42.3. The average Bonchev–Trinajstić information content (AvgIpc) is 3.33. The van der Waals surface area contributed by atoms with Gasteiger partial charge in [0.25, 0.3) is 0 Å². The lowest BCUT2D eigenvalue weighted by Gasteiger charge is -2.36. The molecule has 3 N–H and O–H groups in total. The van der Waals surface area contributed by atoms with E-state index in [1.54, 1.807) is 0 Å². The van der Waals surface area contributed by atoms with Gasteiger partial charge >= 0.3 is 5.97 Å². The van der Waals surface area contributed by atoms with Gasteiger partial charge in [-0.2, -0.15) is 0 Å². The Balaban J connectivity index is 0.802. The zero-order valence-electron chi connectivity index (χ0n) is 41.4. The van der Waals surface area contributed by atoms with Crippen molar-refractivity contribution in [1.29, 1.82) is 0 Å². The second-order valence-corrected chi connectivity index (χ2v) is 22.5. The van der Waals surface area contributed by atoms with Crippen LogP contribution in [-0.2, 0) is 14.3 Å². The Hall–Kier alpha value is -5.83. The quantitative estimate of drug-likeness (QED) is 0.0311. The van der Waals surface area contributed by atoms with E-state index >= 15 is 0 Å². The summed E-state index contributed by atoms with van der Waals surface area (Å²) in [6.07, 6.45) is 7.85. The molecule has 0 fully saturated rings. The van der Waals surface area contributed by atoms with Crippen molar-refractivity contribution < 1.29 is 14.3 Å². The third-order valence-corrected chi connectivity index (χ3v) is 17.5. The van der Waals surface area contributed by atoms with Gasteiger partial charge in [-0.3, -0.25) is 9.59 Å². The van der Waals surface area contributed by atoms with E-state index in [2.05, 4.69) is 183 Å². The summed E-state index contributed by atoms with van der Waals surface area (Å²) in [6.45, 7) is 25.6. The number of anilines is 1. The van der Waals surface area contributed by atoms with Gasteiger partial charge in [-0.1, -0.05) is 88.2 Å². The van der Waals surface area contributed by atoms with E-state index in [-0.39, 0.29) is 23.7 Å². The Bertz CT molecular complexity index is 2300. The summed E-state index contributed by atoms with van der Waals surface area (Å²) in [6, 6.07) is 37.5. The first-order chi connectivity index (χ1) is 32.8. The number of unbranched alkanes of at least 4 members (excludes halogenated alkanes) is 1. The Kier molecular flexibility index (Phi) is 19.3. The Morgan fingerprint density at radius 1 is 0.750 bits per heavy atom. The van der Waals surface area contributed by atoms with Crippen LogP contribution >= 0.6 is 7.26 Å². The van der Waals surface area contributed by atoms with Crippen LogP contribution in [0.4, 0.5) is 11.4 Å². The second kappa shape index (κ2) is 25.5. The molecular weight excluding hydrogens is 862 g/mol. The number of amidine groups is 1. The average molecular weight is 937 g/mol. The van der Waals surface area contributed by atoms with Crippen LogP contribution in [0.1, 0.15) is 82.8 Å². The van der Waals surface area contributed by atoms with Crippen molar-refractivity contribution in [2.75, 3.05) is 57.4 Å². The number of aliphatic imine (C=N–C) groups is 2. The number of fused-ring (bicyclic) bond motifs is 2. The molecule has 0 saturated carbocycles. The molecule has 2 aliphatic heterocycles. The van der Waals surface area contributed by atoms with Gasteiger partial charge in [0.15, 0.2) is 5.84 Å². The molecule has 2 heterocycles. The maximum atomic E-state index is 12.6. The molecule has 2 atom stereocenters. The number of amides is 1. The fourth-order valence-corrected chi connectivity index (χ4v) is 13.6. The number of hydrogen-bond donors (Lipinski definition) is 3. The number of hydrogen-bond acceptors (Lipinski definition) is 9. The van der Waals surface area contributed by atoms with Gasteiger partial charge in [-0.15, -0.1) is 0 Å². The first-order valence-corrected chi connectivity index (χ1v) is 26.6. The van der Waals surface area contributed by atoms with Crippen molar-refractivity contribution in [1.82, 2.24) is 20.9 Å². The number of benzene rings is 4. The van der Waals surface area contributed by atoms with Gasteiger partial charge in [0.05, 0.1) is 29.8 Å². The van der Waals surface area contributed by atoms with Crippen molar-refractivity contribution in [3.63, 3.8) is 0 Å². The number of aryl methyl sites for hydroxylation is 2. The number of nitrogens with zero attached hydrogens (tertiary/aromatic N) is 4. The highest BCUT2D eigenvalue weighted by molar-refractivity contribution is 7.95. The molecule has 6 rings (SSSR count). The lowest BCUT2D eigenvalue weighted by Crippen LogP contribution is -2.46. The normalized spacial score (nSPS) is 14.2. The molecule has 1 amide bonds. The number of carbonyl (C=O) groups excluding carboxylic acids is 2. The smallest absolute Gasteiger partial charge is 0.305 e. The van der Waals surface area contributed by atoms with Crippen molar-refractivity contribution in [2.45, 2.75) is 85.5 Å². The van der Waals surface area contributed by atoms with E-state index in [9.17, 15) is 9.59 Å². The van der Waals surface area contributed by atoms with Gasteiger partial charge in [-0.05, 0) is 150 Å². The number of ether oxygens (including phenoxy) is 1. The largest absolute Gasteiger partial charge is 0.465 e. The predicted octanol–water partition coefficient (Wildman–Crippen LogP) is 9.65. The lowest BCUT2D eigenvalue weighted by atomic mass is 9.95. The van der Waals surface area contributed by atoms with Gasteiger partial charge < -0.3 is 30.5 Å². The van der Waals surface area contributed by atoms with Crippen molar-refractivity contribution in [3.05, 3.63) is 151 Å². The van der Waals surface area contributed by atoms with Crippen LogP contribution in [0.3, 0.4) is 0 Å². The molecule has 0 radical (unpaired) electrons. The molecule has 68 heavy (non-hydrogen) atoms. The van der Waals surface area contributed by atoms with Crippen LogP contribution in [0.15, 0.2) is 150 Å². The second-order valence-electron chi connectivity index (χ2n) is 18.9. The van der Waals surface area contributed by atoms with Crippen molar-refractivity contribution >= 4 is 58.0 Å². The van der Waals surface area contributed by atoms with Crippen LogP contribution in [0.5, 0.6) is 0 Å². The van der Waals surface area contributed by atoms with Crippen LogP contribution in [0.25, 0.3) is 0 Å². The molecule has 4 aromatic carbocycles. The van der Waals surface area contributed by atoms with Gasteiger partial charge in [0, 0.05) is 38.2 Å². The molecule has 0 spiro atoms. The number of nitrogens with one attached hydrogen (secondary N) is 3. The molecule has 0 bridgehead atoms. The highest BCUT2D eigenvalue weighted by Gasteiger charge is 2.44. The zero-order chi connectivity index (χ0) is 48.5. The van der Waals surface area contributed by atoms with Gasteiger partial charge in [-0.25, -0.2) is 9.98 Å². The Morgan fingerprint density at radius 3 is 1.94 bits per heavy atom. The van der Waals surface area contributed by atoms with E-state index in [0.29, 0.717) is 50.4 Å². The molecule has 10 nitrogen and oxygen atoms in total. The van der Waals surface area contributed by atoms with Crippen molar-refractivity contribution in [3.8, 4) is 0 Å². The third-order valence-electron chi connectivity index (χ3n) is 13.0. The predicted molar refractivity (Wildman–Crippen MR) is 288 cm³/mol. The first kappa shape index (κ1) is 51.6. The molecule has 2 aliphatic rings. The molecule has 360 valence electrons. The van der Waals surface area contributed by atoms with Gasteiger partial charge in [0.2, 0.25) is 5.91 Å². The molecular formula is C57H75N7O3P+. The van der Waals surface area contributed by atoms with Crippen LogP contribution < -0.4 is 36.8 Å². The number of rotatable bonds is 27. The standard InChI is InChI=1S/C57H74N7O3P/c1-42(40-64-53-39-45(4)44(3)38-52(53)62-56-47(6)60-48(7)61-57(56)64)37-43(2)41-67-55(66)31-19-18-30-54(65)59-33-22-35-63(8)34-21-32-58-46(5)23-20-36-68(49-24-12-9-13-25-49,50-26-14-10-15-27-50)51-28-16-11-17-29-51/h9-17,24-29,38-39,42-43,58,60H,5-7,18-23,30-37,40-41H2,1-4,8H3/p+1. The van der Waals surface area contributed by atoms with Crippen LogP contribution in [0.2, 0.25) is 0 Å². The summed E-state index contributed by atoms with van der Waals surface area (Å²) in [5, 5.41) is 14.0. The van der Waals surface area contributed by atoms with Gasteiger partial charge in [0.1, 0.15) is 34.7 Å². The van der Waals surface area contributed by atoms with Crippen molar-refractivity contribution in [2.24, 2.45) is 21.8 Å². The minimum atomic E-state index is -1.84. The van der Waals surface area contributed by atoms with E-state index in [0.717, 1.165) is 93.1 Å². The fraction of sp³-hybridized carbons (Fsp3) is 0.404. The highest BCUT2D eigenvalue weighted by atomic mass is 31.2. The minimum Gasteiger partial charge on any atom is -0.465 e. The van der Waals surface area contributed by atoms with E-state index in [4.69, 9.17) is 14.7 Å². The molecule has 11 heteroatoms. The Morgan fingerprint density at radius 2 is 1.32 bits per heavy atom. The summed E-state index contributed by atoms with van der Waals surface area (Å²) in [7, 11) is 0.298. The summed E-state index contributed by atoms with van der Waals surface area (Å²) >= 11 is 0. The fourth-order valence-electron chi connectivity index (χ4n) is 9.29. The van der Waals surface area contributed by atoms with Crippen LogP contribution in [-0.4, -0.2) is 80.9 Å². The topological polar surface area (TPSA) is 111 Å². The number of esters is 1.